The van der Waals surface area contributed by atoms with Gasteiger partial charge in [-0.05, 0) is 37.3 Å². The standard InChI is InChI=1S/C19H17BrFN3O6/c1-11(18(26)23-16-7-4-13(20)10-15(16)21)30-17(25)8-9-22-19(27)12-2-5-14(6-3-12)24(28)29/h2-7,10-11H,8-9H2,1H3,(H,22,27)(H,23,26)/t11-/m1/s1. The summed E-state index contributed by atoms with van der Waals surface area (Å²) in [5.74, 6) is -2.61. The van der Waals surface area contributed by atoms with Crippen LogP contribution in [0.2, 0.25) is 0 Å². The lowest BCUT2D eigenvalue weighted by molar-refractivity contribution is -0.384. The van der Waals surface area contributed by atoms with Crippen LogP contribution in [-0.4, -0.2) is 35.4 Å². The Morgan fingerprint density at radius 3 is 2.47 bits per heavy atom. The van der Waals surface area contributed by atoms with Crippen LogP contribution < -0.4 is 10.6 Å². The van der Waals surface area contributed by atoms with Gasteiger partial charge in [0.25, 0.3) is 17.5 Å². The molecule has 0 saturated carbocycles. The number of ether oxygens (including phenoxy) is 1. The van der Waals surface area contributed by atoms with Crippen molar-refractivity contribution in [1.29, 1.82) is 0 Å². The van der Waals surface area contributed by atoms with Crippen molar-refractivity contribution >= 4 is 45.1 Å². The number of hydrogen-bond acceptors (Lipinski definition) is 6. The van der Waals surface area contributed by atoms with E-state index in [2.05, 4.69) is 26.6 Å². The largest absolute Gasteiger partial charge is 0.452 e. The van der Waals surface area contributed by atoms with Gasteiger partial charge in [-0.3, -0.25) is 24.5 Å². The van der Waals surface area contributed by atoms with Gasteiger partial charge in [-0.1, -0.05) is 15.9 Å². The number of nitrogens with one attached hydrogen (secondary N) is 2. The monoisotopic (exact) mass is 481 g/mol. The minimum absolute atomic E-state index is 0.0542. The number of non-ortho nitro benzene ring substituents is 1. The first kappa shape index (κ1) is 22.9. The van der Waals surface area contributed by atoms with Gasteiger partial charge in [-0.2, -0.15) is 0 Å². The molecule has 2 amide bonds. The average molecular weight is 482 g/mol. The van der Waals surface area contributed by atoms with Crippen LogP contribution in [0.25, 0.3) is 0 Å². The van der Waals surface area contributed by atoms with Crippen LogP contribution in [0.3, 0.4) is 0 Å². The number of carbonyl (C=O) groups is 3. The van der Waals surface area contributed by atoms with Crippen molar-refractivity contribution in [3.05, 3.63) is 68.4 Å². The van der Waals surface area contributed by atoms with Gasteiger partial charge < -0.3 is 15.4 Å². The molecular formula is C19H17BrFN3O6. The van der Waals surface area contributed by atoms with Crippen LogP contribution in [0.15, 0.2) is 46.9 Å². The molecule has 2 N–H and O–H groups in total. The normalized spacial score (nSPS) is 11.3. The summed E-state index contributed by atoms with van der Waals surface area (Å²) in [7, 11) is 0. The molecule has 0 aliphatic rings. The number of benzene rings is 2. The minimum atomic E-state index is -1.18. The Hall–Kier alpha value is -3.34. The fraction of sp³-hybridized carbons (Fsp3) is 0.211. The number of amides is 2. The molecular weight excluding hydrogens is 465 g/mol. The van der Waals surface area contributed by atoms with E-state index < -0.39 is 34.6 Å². The number of nitro benzene ring substituents is 1. The van der Waals surface area contributed by atoms with E-state index >= 15 is 0 Å². The summed E-state index contributed by atoms with van der Waals surface area (Å²) in [4.78, 5) is 45.9. The summed E-state index contributed by atoms with van der Waals surface area (Å²) in [6, 6.07) is 9.05. The van der Waals surface area contributed by atoms with Crippen LogP contribution in [0, 0.1) is 15.9 Å². The molecule has 2 aromatic rings. The summed E-state index contributed by atoms with van der Waals surface area (Å²) in [6.45, 7) is 1.27. The Balaban J connectivity index is 1.77. The fourth-order valence-electron chi connectivity index (χ4n) is 2.25. The van der Waals surface area contributed by atoms with Crippen molar-refractivity contribution in [2.45, 2.75) is 19.4 Å². The first-order chi connectivity index (χ1) is 14.2. The maximum Gasteiger partial charge on any atom is 0.308 e. The second-order valence-corrected chi connectivity index (χ2v) is 6.97. The van der Waals surface area contributed by atoms with Crippen molar-refractivity contribution < 1.29 is 28.4 Å². The Kier molecular flexibility index (Phi) is 7.98. The zero-order valence-electron chi connectivity index (χ0n) is 15.7. The first-order valence-electron chi connectivity index (χ1n) is 8.65. The maximum atomic E-state index is 13.8. The number of rotatable bonds is 8. The third-order valence-corrected chi connectivity index (χ3v) is 4.31. The molecule has 0 aromatic heterocycles. The minimum Gasteiger partial charge on any atom is -0.452 e. The molecule has 0 saturated heterocycles. The molecule has 0 bridgehead atoms. The lowest BCUT2D eigenvalue weighted by Gasteiger charge is -2.14. The lowest BCUT2D eigenvalue weighted by atomic mass is 10.2. The number of esters is 1. The third kappa shape index (κ3) is 6.62. The van der Waals surface area contributed by atoms with Crippen molar-refractivity contribution in [3.8, 4) is 0 Å². The van der Waals surface area contributed by atoms with E-state index in [-0.39, 0.29) is 29.9 Å². The zero-order valence-corrected chi connectivity index (χ0v) is 17.3. The fourth-order valence-corrected chi connectivity index (χ4v) is 2.58. The van der Waals surface area contributed by atoms with Gasteiger partial charge in [-0.15, -0.1) is 0 Å². The van der Waals surface area contributed by atoms with Gasteiger partial charge in [0.2, 0.25) is 0 Å². The smallest absolute Gasteiger partial charge is 0.308 e. The summed E-state index contributed by atoms with van der Waals surface area (Å²) in [5, 5.41) is 15.4. The van der Waals surface area contributed by atoms with Gasteiger partial charge in [-0.25, -0.2) is 4.39 Å². The van der Waals surface area contributed by atoms with Gasteiger partial charge >= 0.3 is 5.97 Å². The highest BCUT2D eigenvalue weighted by molar-refractivity contribution is 9.10. The SMILES string of the molecule is C[C@@H](OC(=O)CCNC(=O)c1ccc([N+](=O)[O-])cc1)C(=O)Nc1ccc(Br)cc1F. The first-order valence-corrected chi connectivity index (χ1v) is 9.44. The van der Waals surface area contributed by atoms with Gasteiger partial charge in [0, 0.05) is 28.7 Å². The van der Waals surface area contributed by atoms with Gasteiger partial charge in [0.1, 0.15) is 5.82 Å². The predicted molar refractivity (Wildman–Crippen MR) is 108 cm³/mol. The quantitative estimate of drug-likeness (QED) is 0.338. The van der Waals surface area contributed by atoms with Crippen LogP contribution in [0.5, 0.6) is 0 Å². The molecule has 0 fully saturated rings. The van der Waals surface area contributed by atoms with E-state index in [1.165, 1.54) is 43.3 Å². The molecule has 0 aliphatic carbocycles. The van der Waals surface area contributed by atoms with Crippen molar-refractivity contribution in [3.63, 3.8) is 0 Å². The van der Waals surface area contributed by atoms with E-state index in [9.17, 15) is 28.9 Å². The molecule has 0 radical (unpaired) electrons. The summed E-state index contributed by atoms with van der Waals surface area (Å²) in [5.41, 5.74) is -0.00916. The molecule has 30 heavy (non-hydrogen) atoms. The molecule has 1 atom stereocenters. The summed E-state index contributed by atoms with van der Waals surface area (Å²) >= 11 is 3.10. The highest BCUT2D eigenvalue weighted by atomic mass is 79.9. The van der Waals surface area contributed by atoms with Crippen LogP contribution >= 0.6 is 15.9 Å². The molecule has 9 nitrogen and oxygen atoms in total. The molecule has 0 heterocycles. The van der Waals surface area contributed by atoms with Crippen LogP contribution in [0.1, 0.15) is 23.7 Å². The molecule has 0 spiro atoms. The van der Waals surface area contributed by atoms with E-state index in [4.69, 9.17) is 4.74 Å². The average Bonchev–Trinajstić information content (AvgIpc) is 2.69. The topological polar surface area (TPSA) is 128 Å². The number of nitro groups is 1. The number of carbonyl (C=O) groups excluding carboxylic acids is 3. The van der Waals surface area contributed by atoms with E-state index in [1.54, 1.807) is 6.07 Å². The third-order valence-electron chi connectivity index (χ3n) is 3.82. The Morgan fingerprint density at radius 2 is 1.87 bits per heavy atom. The van der Waals surface area contributed by atoms with Crippen molar-refractivity contribution in [2.24, 2.45) is 0 Å². The number of nitrogens with zero attached hydrogens (tertiary/aromatic N) is 1. The highest BCUT2D eigenvalue weighted by Gasteiger charge is 2.19. The lowest BCUT2D eigenvalue weighted by Crippen LogP contribution is -2.32. The number of hydrogen-bond donors (Lipinski definition) is 2. The molecule has 2 rings (SSSR count). The second-order valence-electron chi connectivity index (χ2n) is 6.06. The molecule has 2 aromatic carbocycles. The Labute approximate surface area is 178 Å². The molecule has 158 valence electrons. The second kappa shape index (κ2) is 10.4. The number of halogens is 2. The van der Waals surface area contributed by atoms with E-state index in [0.717, 1.165) is 0 Å². The van der Waals surface area contributed by atoms with Gasteiger partial charge in [0.05, 0.1) is 17.0 Å². The molecule has 11 heteroatoms. The Bertz CT molecular complexity index is 967. The van der Waals surface area contributed by atoms with Crippen molar-refractivity contribution in [1.82, 2.24) is 5.32 Å². The zero-order chi connectivity index (χ0) is 22.3. The molecule has 0 aliphatic heterocycles. The summed E-state index contributed by atoms with van der Waals surface area (Å²) < 4.78 is 19.2. The van der Waals surface area contributed by atoms with E-state index in [0.29, 0.717) is 4.47 Å². The highest BCUT2D eigenvalue weighted by Crippen LogP contribution is 2.19. The molecule has 0 unspecified atom stereocenters. The van der Waals surface area contributed by atoms with Crippen LogP contribution in [0.4, 0.5) is 15.8 Å². The maximum absolute atomic E-state index is 13.8. The summed E-state index contributed by atoms with van der Waals surface area (Å²) in [6.07, 6.45) is -1.38. The number of anilines is 1. The Morgan fingerprint density at radius 1 is 1.20 bits per heavy atom. The van der Waals surface area contributed by atoms with E-state index in [1.807, 2.05) is 0 Å². The van der Waals surface area contributed by atoms with Crippen LogP contribution in [-0.2, 0) is 14.3 Å². The van der Waals surface area contributed by atoms with Crippen molar-refractivity contribution in [2.75, 3.05) is 11.9 Å². The van der Waals surface area contributed by atoms with Gasteiger partial charge in [0.15, 0.2) is 6.10 Å². The predicted octanol–water partition coefficient (Wildman–Crippen LogP) is 3.19.